The zero-order valence-corrected chi connectivity index (χ0v) is 10.6. The summed E-state index contributed by atoms with van der Waals surface area (Å²) >= 11 is 5.50. The molecule has 2 nitrogen and oxygen atoms in total. The molecule has 0 saturated carbocycles. The van der Waals surface area contributed by atoms with Crippen molar-refractivity contribution in [3.05, 3.63) is 35.4 Å². The number of alkyl halides is 1. The first-order chi connectivity index (χ1) is 7.63. The Morgan fingerprint density at radius 1 is 1.44 bits per heavy atom. The van der Waals surface area contributed by atoms with Crippen molar-refractivity contribution in [2.45, 2.75) is 32.7 Å². The molecular formula is C13H18ClNO. The topological polar surface area (TPSA) is 29.1 Å². The molecule has 0 aliphatic heterocycles. The van der Waals surface area contributed by atoms with Gasteiger partial charge in [0.2, 0.25) is 5.91 Å². The number of halogens is 1. The van der Waals surface area contributed by atoms with Crippen molar-refractivity contribution in [1.82, 2.24) is 5.32 Å². The number of nitrogens with one attached hydrogen (secondary N) is 1. The molecule has 1 rings (SSSR count). The van der Waals surface area contributed by atoms with Crippen molar-refractivity contribution >= 4 is 17.5 Å². The molecule has 1 aromatic carbocycles. The maximum absolute atomic E-state index is 11.3. The molecule has 0 aliphatic carbocycles. The third-order valence-electron chi connectivity index (χ3n) is 2.52. The van der Waals surface area contributed by atoms with Crippen molar-refractivity contribution in [2.24, 2.45) is 0 Å². The number of rotatable bonds is 5. The molecular weight excluding hydrogens is 222 g/mol. The Labute approximate surface area is 102 Å². The third-order valence-corrected chi connectivity index (χ3v) is 2.71. The summed E-state index contributed by atoms with van der Waals surface area (Å²) in [5, 5.41) is 2.93. The molecule has 0 aliphatic rings. The van der Waals surface area contributed by atoms with Crippen LogP contribution in [0.5, 0.6) is 0 Å². The van der Waals surface area contributed by atoms with Crippen LogP contribution in [0, 0.1) is 6.92 Å². The summed E-state index contributed by atoms with van der Waals surface area (Å²) in [6.45, 7) is 4.10. The highest BCUT2D eigenvalue weighted by Crippen LogP contribution is 2.09. The molecule has 0 heterocycles. The molecule has 0 saturated heterocycles. The van der Waals surface area contributed by atoms with Crippen LogP contribution in [0.1, 0.15) is 24.5 Å². The highest BCUT2D eigenvalue weighted by atomic mass is 35.5. The summed E-state index contributed by atoms with van der Waals surface area (Å²) < 4.78 is 0. The lowest BCUT2D eigenvalue weighted by molar-refractivity contribution is -0.121. The van der Waals surface area contributed by atoms with Gasteiger partial charge in [-0.2, -0.15) is 0 Å². The van der Waals surface area contributed by atoms with Crippen molar-refractivity contribution in [3.8, 4) is 0 Å². The molecule has 0 aromatic heterocycles. The van der Waals surface area contributed by atoms with Gasteiger partial charge in [0.05, 0.1) is 0 Å². The van der Waals surface area contributed by atoms with E-state index in [1.165, 1.54) is 11.1 Å². The van der Waals surface area contributed by atoms with E-state index in [2.05, 4.69) is 24.4 Å². The number of carbonyl (C=O) groups is 1. The van der Waals surface area contributed by atoms with Crippen LogP contribution in [0.2, 0.25) is 0 Å². The molecule has 0 spiro atoms. The van der Waals surface area contributed by atoms with E-state index in [9.17, 15) is 4.79 Å². The van der Waals surface area contributed by atoms with E-state index in [4.69, 9.17) is 11.6 Å². The lowest BCUT2D eigenvalue weighted by atomic mass is 10.0. The van der Waals surface area contributed by atoms with E-state index in [-0.39, 0.29) is 11.9 Å². The molecule has 0 bridgehead atoms. The minimum Gasteiger partial charge on any atom is -0.353 e. The first-order valence-electron chi connectivity index (χ1n) is 5.53. The number of benzene rings is 1. The standard InChI is InChI=1S/C13H18ClNO/c1-10-5-3-4-6-12(10)9-11(2)15-13(16)7-8-14/h3-6,11H,7-9H2,1-2H3,(H,15,16). The van der Waals surface area contributed by atoms with Crippen molar-refractivity contribution in [2.75, 3.05) is 5.88 Å². The lowest BCUT2D eigenvalue weighted by Gasteiger charge is -2.14. The molecule has 1 N–H and O–H groups in total. The highest BCUT2D eigenvalue weighted by molar-refractivity contribution is 6.18. The predicted octanol–water partition coefficient (Wildman–Crippen LogP) is 2.67. The van der Waals surface area contributed by atoms with Crippen LogP contribution in [0.25, 0.3) is 0 Å². The number of carbonyl (C=O) groups excluding carboxylic acids is 1. The minimum absolute atomic E-state index is 0.0242. The van der Waals surface area contributed by atoms with Crippen molar-refractivity contribution < 1.29 is 4.79 Å². The van der Waals surface area contributed by atoms with Gasteiger partial charge in [0, 0.05) is 18.3 Å². The highest BCUT2D eigenvalue weighted by Gasteiger charge is 2.08. The fourth-order valence-electron chi connectivity index (χ4n) is 1.65. The minimum atomic E-state index is 0.0242. The van der Waals surface area contributed by atoms with Crippen molar-refractivity contribution in [3.63, 3.8) is 0 Å². The second-order valence-electron chi connectivity index (χ2n) is 4.04. The van der Waals surface area contributed by atoms with Crippen LogP contribution in [0.4, 0.5) is 0 Å². The summed E-state index contributed by atoms with van der Waals surface area (Å²) in [6.07, 6.45) is 1.25. The summed E-state index contributed by atoms with van der Waals surface area (Å²) in [4.78, 5) is 11.3. The third kappa shape index (κ3) is 4.23. The number of amides is 1. The second kappa shape index (κ2) is 6.54. The molecule has 0 radical (unpaired) electrons. The van der Waals surface area contributed by atoms with E-state index < -0.39 is 0 Å². The molecule has 88 valence electrons. The molecule has 1 aromatic rings. The summed E-state index contributed by atoms with van der Waals surface area (Å²) in [7, 11) is 0. The average molecular weight is 240 g/mol. The van der Waals surface area contributed by atoms with E-state index in [0.717, 1.165) is 6.42 Å². The lowest BCUT2D eigenvalue weighted by Crippen LogP contribution is -2.34. The quantitative estimate of drug-likeness (QED) is 0.787. The maximum atomic E-state index is 11.3. The fraction of sp³-hybridized carbons (Fsp3) is 0.462. The number of hydrogen-bond acceptors (Lipinski definition) is 1. The van der Waals surface area contributed by atoms with E-state index in [0.29, 0.717) is 12.3 Å². The Bertz CT molecular complexity index is 352. The second-order valence-corrected chi connectivity index (χ2v) is 4.42. The Morgan fingerprint density at radius 3 is 2.75 bits per heavy atom. The van der Waals surface area contributed by atoms with Gasteiger partial charge in [-0.05, 0) is 31.4 Å². The zero-order chi connectivity index (χ0) is 12.0. The Morgan fingerprint density at radius 2 is 2.12 bits per heavy atom. The molecule has 1 unspecified atom stereocenters. The van der Waals surface area contributed by atoms with Crippen LogP contribution >= 0.6 is 11.6 Å². The number of aryl methyl sites for hydroxylation is 1. The zero-order valence-electron chi connectivity index (χ0n) is 9.79. The van der Waals surface area contributed by atoms with E-state index >= 15 is 0 Å². The van der Waals surface area contributed by atoms with Gasteiger partial charge in [0.25, 0.3) is 0 Å². The first-order valence-corrected chi connectivity index (χ1v) is 6.06. The molecule has 1 amide bonds. The Hall–Kier alpha value is -1.02. The monoisotopic (exact) mass is 239 g/mol. The van der Waals surface area contributed by atoms with Crippen LogP contribution in [0.3, 0.4) is 0 Å². The smallest absolute Gasteiger partial charge is 0.221 e. The van der Waals surface area contributed by atoms with Gasteiger partial charge in [-0.25, -0.2) is 0 Å². The fourth-order valence-corrected chi connectivity index (χ4v) is 1.82. The maximum Gasteiger partial charge on any atom is 0.221 e. The Balaban J connectivity index is 2.48. The van der Waals surface area contributed by atoms with Gasteiger partial charge in [0.15, 0.2) is 0 Å². The summed E-state index contributed by atoms with van der Waals surface area (Å²) in [6, 6.07) is 8.38. The van der Waals surface area contributed by atoms with Crippen LogP contribution in [-0.2, 0) is 11.2 Å². The van der Waals surface area contributed by atoms with Crippen LogP contribution < -0.4 is 5.32 Å². The van der Waals surface area contributed by atoms with Crippen LogP contribution in [-0.4, -0.2) is 17.8 Å². The Kier molecular flexibility index (Phi) is 5.33. The van der Waals surface area contributed by atoms with Gasteiger partial charge in [-0.15, -0.1) is 11.6 Å². The van der Waals surface area contributed by atoms with Crippen molar-refractivity contribution in [1.29, 1.82) is 0 Å². The molecule has 0 fully saturated rings. The van der Waals surface area contributed by atoms with Gasteiger partial charge in [-0.3, -0.25) is 4.79 Å². The SMILES string of the molecule is Cc1ccccc1CC(C)NC(=O)CCCl. The van der Waals surface area contributed by atoms with E-state index in [1.54, 1.807) is 0 Å². The molecule has 1 atom stereocenters. The largest absolute Gasteiger partial charge is 0.353 e. The van der Waals surface area contributed by atoms with Gasteiger partial charge in [0.1, 0.15) is 0 Å². The molecule has 16 heavy (non-hydrogen) atoms. The first kappa shape index (κ1) is 13.0. The summed E-state index contributed by atoms with van der Waals surface area (Å²) in [5.74, 6) is 0.402. The average Bonchev–Trinajstić information content (AvgIpc) is 2.21. The van der Waals surface area contributed by atoms with Gasteiger partial charge >= 0.3 is 0 Å². The van der Waals surface area contributed by atoms with Crippen LogP contribution in [0.15, 0.2) is 24.3 Å². The van der Waals surface area contributed by atoms with Gasteiger partial charge < -0.3 is 5.32 Å². The summed E-state index contributed by atoms with van der Waals surface area (Å²) in [5.41, 5.74) is 2.54. The number of hydrogen-bond donors (Lipinski definition) is 1. The van der Waals surface area contributed by atoms with Gasteiger partial charge in [-0.1, -0.05) is 24.3 Å². The normalized spacial score (nSPS) is 12.2. The molecule has 3 heteroatoms. The predicted molar refractivity (Wildman–Crippen MR) is 67.8 cm³/mol. The van der Waals surface area contributed by atoms with E-state index in [1.807, 2.05) is 19.1 Å².